The highest BCUT2D eigenvalue weighted by atomic mass is 32.1. The lowest BCUT2D eigenvalue weighted by atomic mass is 10.1. The molecule has 0 fully saturated rings. The summed E-state index contributed by atoms with van der Waals surface area (Å²) in [6, 6.07) is 7.02. The van der Waals surface area contributed by atoms with Gasteiger partial charge in [0.25, 0.3) is 5.91 Å². The molecule has 0 saturated heterocycles. The molecular weight excluding hydrogens is 248 g/mol. The summed E-state index contributed by atoms with van der Waals surface area (Å²) >= 11 is 1.64. The maximum Gasteiger partial charge on any atom is 0.252 e. The Morgan fingerprint density at radius 2 is 2.17 bits per heavy atom. The van der Waals surface area contributed by atoms with Crippen molar-refractivity contribution in [2.75, 3.05) is 12.3 Å². The minimum absolute atomic E-state index is 0.320. The predicted octanol–water partition coefficient (Wildman–Crippen LogP) is 2.05. The van der Waals surface area contributed by atoms with Crippen molar-refractivity contribution in [1.82, 2.24) is 0 Å². The molecule has 0 aliphatic heterocycles. The molecule has 1 aromatic heterocycles. The lowest BCUT2D eigenvalue weighted by Gasteiger charge is -2.11. The molecule has 0 spiro atoms. The maximum absolute atomic E-state index is 11.3. The van der Waals surface area contributed by atoms with Crippen molar-refractivity contribution in [2.24, 2.45) is 5.73 Å². The first-order valence-electron chi connectivity index (χ1n) is 5.50. The SMILES string of the molecule is NC(=O)c1cccc(N)c1OCCc1ccsc1. The van der Waals surface area contributed by atoms with E-state index >= 15 is 0 Å². The number of para-hydroxylation sites is 1. The summed E-state index contributed by atoms with van der Waals surface area (Å²) in [6.07, 6.45) is 0.774. The van der Waals surface area contributed by atoms with E-state index in [1.807, 2.05) is 11.4 Å². The van der Waals surface area contributed by atoms with E-state index < -0.39 is 5.91 Å². The van der Waals surface area contributed by atoms with Crippen molar-refractivity contribution in [1.29, 1.82) is 0 Å². The summed E-state index contributed by atoms with van der Waals surface area (Å²) in [7, 11) is 0. The van der Waals surface area contributed by atoms with Gasteiger partial charge in [-0.3, -0.25) is 4.79 Å². The van der Waals surface area contributed by atoms with Gasteiger partial charge in [0, 0.05) is 6.42 Å². The fourth-order valence-corrected chi connectivity index (χ4v) is 2.32. The lowest BCUT2D eigenvalue weighted by Crippen LogP contribution is -2.15. The van der Waals surface area contributed by atoms with Gasteiger partial charge >= 0.3 is 0 Å². The molecule has 5 heteroatoms. The van der Waals surface area contributed by atoms with E-state index in [1.54, 1.807) is 29.5 Å². The molecule has 0 saturated carbocycles. The summed E-state index contributed by atoms with van der Waals surface area (Å²) in [4.78, 5) is 11.3. The molecule has 1 heterocycles. The Morgan fingerprint density at radius 1 is 1.33 bits per heavy atom. The molecule has 1 aromatic carbocycles. The minimum atomic E-state index is -0.534. The molecule has 2 aromatic rings. The average molecular weight is 262 g/mol. The fraction of sp³-hybridized carbons (Fsp3) is 0.154. The first kappa shape index (κ1) is 12.4. The molecule has 0 atom stereocenters. The Morgan fingerprint density at radius 3 is 2.83 bits per heavy atom. The lowest BCUT2D eigenvalue weighted by molar-refractivity contribution is 0.0996. The van der Waals surface area contributed by atoms with Gasteiger partial charge in [-0.2, -0.15) is 11.3 Å². The number of hydrogen-bond donors (Lipinski definition) is 2. The number of rotatable bonds is 5. The van der Waals surface area contributed by atoms with Gasteiger partial charge < -0.3 is 16.2 Å². The number of primary amides is 1. The van der Waals surface area contributed by atoms with Crippen LogP contribution in [0.25, 0.3) is 0 Å². The second-order valence-corrected chi connectivity index (χ2v) is 4.60. The van der Waals surface area contributed by atoms with Gasteiger partial charge in [0.15, 0.2) is 5.75 Å². The van der Waals surface area contributed by atoms with Crippen LogP contribution in [0, 0.1) is 0 Å². The topological polar surface area (TPSA) is 78.3 Å². The van der Waals surface area contributed by atoms with Crippen LogP contribution in [-0.2, 0) is 6.42 Å². The van der Waals surface area contributed by atoms with Gasteiger partial charge in [0.05, 0.1) is 17.9 Å². The zero-order valence-corrected chi connectivity index (χ0v) is 10.6. The van der Waals surface area contributed by atoms with Crippen LogP contribution in [0.5, 0.6) is 5.75 Å². The average Bonchev–Trinajstić information content (AvgIpc) is 2.84. The highest BCUT2D eigenvalue weighted by Gasteiger charge is 2.12. The number of benzene rings is 1. The number of ether oxygens (including phenoxy) is 1. The Balaban J connectivity index is 2.06. The Bertz CT molecular complexity index is 538. The molecular formula is C13H14N2O2S. The van der Waals surface area contributed by atoms with Crippen LogP contribution < -0.4 is 16.2 Å². The van der Waals surface area contributed by atoms with Crippen molar-refractivity contribution in [3.63, 3.8) is 0 Å². The molecule has 2 rings (SSSR count). The normalized spacial score (nSPS) is 10.2. The first-order valence-corrected chi connectivity index (χ1v) is 6.45. The zero-order chi connectivity index (χ0) is 13.0. The second kappa shape index (κ2) is 5.55. The molecule has 18 heavy (non-hydrogen) atoms. The Hall–Kier alpha value is -2.01. The van der Waals surface area contributed by atoms with Gasteiger partial charge in [0.1, 0.15) is 0 Å². The quantitative estimate of drug-likeness (QED) is 0.809. The number of hydrogen-bond acceptors (Lipinski definition) is 4. The van der Waals surface area contributed by atoms with Gasteiger partial charge in [-0.15, -0.1) is 0 Å². The van der Waals surface area contributed by atoms with Crippen LogP contribution >= 0.6 is 11.3 Å². The van der Waals surface area contributed by atoms with Crippen LogP contribution in [0.4, 0.5) is 5.69 Å². The molecule has 0 unspecified atom stereocenters. The predicted molar refractivity (Wildman–Crippen MR) is 72.9 cm³/mol. The Labute approximate surface area is 109 Å². The van der Waals surface area contributed by atoms with Crippen LogP contribution in [0.2, 0.25) is 0 Å². The first-order chi connectivity index (χ1) is 8.68. The summed E-state index contributed by atoms with van der Waals surface area (Å²) in [5.41, 5.74) is 13.0. The van der Waals surface area contributed by atoms with Crippen molar-refractivity contribution in [2.45, 2.75) is 6.42 Å². The number of carbonyl (C=O) groups is 1. The third-order valence-electron chi connectivity index (χ3n) is 2.53. The minimum Gasteiger partial charge on any atom is -0.490 e. The molecule has 4 N–H and O–H groups in total. The zero-order valence-electron chi connectivity index (χ0n) is 9.76. The molecule has 0 radical (unpaired) electrons. The van der Waals surface area contributed by atoms with Gasteiger partial charge in [-0.1, -0.05) is 6.07 Å². The van der Waals surface area contributed by atoms with Crippen LogP contribution in [0.3, 0.4) is 0 Å². The number of thiophene rings is 1. The van der Waals surface area contributed by atoms with Gasteiger partial charge in [0.2, 0.25) is 0 Å². The van der Waals surface area contributed by atoms with Gasteiger partial charge in [-0.05, 0) is 34.5 Å². The van der Waals surface area contributed by atoms with E-state index in [0.29, 0.717) is 23.6 Å². The number of nitrogen functional groups attached to an aromatic ring is 1. The maximum atomic E-state index is 11.3. The molecule has 0 bridgehead atoms. The van der Waals surface area contributed by atoms with E-state index in [4.69, 9.17) is 16.2 Å². The Kier molecular flexibility index (Phi) is 3.84. The molecule has 94 valence electrons. The summed E-state index contributed by atoms with van der Waals surface area (Å²) in [6.45, 7) is 0.464. The van der Waals surface area contributed by atoms with E-state index in [-0.39, 0.29) is 0 Å². The molecule has 0 aliphatic rings. The van der Waals surface area contributed by atoms with E-state index in [0.717, 1.165) is 6.42 Å². The second-order valence-electron chi connectivity index (χ2n) is 3.82. The summed E-state index contributed by atoms with van der Waals surface area (Å²) in [5.74, 6) is -0.159. The molecule has 0 aliphatic carbocycles. The van der Waals surface area contributed by atoms with Crippen molar-refractivity contribution in [3.05, 3.63) is 46.2 Å². The fourth-order valence-electron chi connectivity index (χ4n) is 1.62. The van der Waals surface area contributed by atoms with Crippen molar-refractivity contribution in [3.8, 4) is 5.75 Å². The van der Waals surface area contributed by atoms with Crippen LogP contribution in [-0.4, -0.2) is 12.5 Å². The third-order valence-corrected chi connectivity index (χ3v) is 3.26. The monoisotopic (exact) mass is 262 g/mol. The highest BCUT2D eigenvalue weighted by molar-refractivity contribution is 7.07. The van der Waals surface area contributed by atoms with E-state index in [1.165, 1.54) is 5.56 Å². The third kappa shape index (κ3) is 2.81. The largest absolute Gasteiger partial charge is 0.490 e. The summed E-state index contributed by atoms with van der Waals surface area (Å²) in [5, 5.41) is 4.08. The van der Waals surface area contributed by atoms with E-state index in [9.17, 15) is 4.79 Å². The van der Waals surface area contributed by atoms with E-state index in [2.05, 4.69) is 5.38 Å². The molecule has 1 amide bonds. The molecule has 4 nitrogen and oxygen atoms in total. The standard InChI is InChI=1S/C13H14N2O2S/c14-11-3-1-2-10(13(15)16)12(11)17-6-4-9-5-7-18-8-9/h1-3,5,7-8H,4,6,14H2,(H2,15,16). The highest BCUT2D eigenvalue weighted by Crippen LogP contribution is 2.26. The number of nitrogens with two attached hydrogens (primary N) is 2. The number of amides is 1. The van der Waals surface area contributed by atoms with Crippen LogP contribution in [0.15, 0.2) is 35.0 Å². The summed E-state index contributed by atoms with van der Waals surface area (Å²) < 4.78 is 5.58. The number of carbonyl (C=O) groups excluding carboxylic acids is 1. The smallest absolute Gasteiger partial charge is 0.252 e. The van der Waals surface area contributed by atoms with Crippen LogP contribution in [0.1, 0.15) is 15.9 Å². The number of anilines is 1. The van der Waals surface area contributed by atoms with Gasteiger partial charge in [-0.25, -0.2) is 0 Å². The van der Waals surface area contributed by atoms with Crippen molar-refractivity contribution < 1.29 is 9.53 Å². The van der Waals surface area contributed by atoms with Crippen molar-refractivity contribution >= 4 is 22.9 Å².